The van der Waals surface area contributed by atoms with E-state index in [-0.39, 0.29) is 0 Å². The van der Waals surface area contributed by atoms with Crippen molar-refractivity contribution in [1.82, 2.24) is 0 Å². The molecule has 22 heavy (non-hydrogen) atoms. The van der Waals surface area contributed by atoms with E-state index >= 15 is 0 Å². The lowest BCUT2D eigenvalue weighted by molar-refractivity contribution is -0.380. The van der Waals surface area contributed by atoms with Crippen molar-refractivity contribution in [2.75, 3.05) is 6.61 Å². The van der Waals surface area contributed by atoms with Crippen LogP contribution in [-0.4, -0.2) is 103 Å². The van der Waals surface area contributed by atoms with Crippen LogP contribution in [0, 0.1) is 0 Å². The van der Waals surface area contributed by atoms with Crippen molar-refractivity contribution in [2.45, 2.75) is 67.6 Å². The Morgan fingerprint density at radius 3 is 2.09 bits per heavy atom. The Hall–Kier alpha value is -0.400. The number of rotatable bonds is 2. The van der Waals surface area contributed by atoms with E-state index in [1.807, 2.05) is 0 Å². The highest BCUT2D eigenvalue weighted by atomic mass is 16.7. The Morgan fingerprint density at radius 1 is 0.955 bits per heavy atom. The molecule has 0 radical (unpaired) electrons. The molecule has 0 aromatic heterocycles. The summed E-state index contributed by atoms with van der Waals surface area (Å²) in [6.07, 6.45) is -11.9. The predicted octanol–water partition coefficient (Wildman–Crippen LogP) is -5.01. The molecule has 2 unspecified atom stereocenters. The SMILES string of the molecule is C[C@@H]1OC(C2(O)O[C@H](CO)[C@H](O)[C@H](O)[C@H]2N)[C@@H](O)[C@H](O)[C@@H]1O. The maximum Gasteiger partial charge on any atom is 0.213 e. The molecule has 0 aliphatic carbocycles. The Morgan fingerprint density at radius 2 is 1.55 bits per heavy atom. The lowest BCUT2D eigenvalue weighted by Crippen LogP contribution is -2.76. The molecule has 2 heterocycles. The van der Waals surface area contributed by atoms with Crippen LogP contribution in [0.5, 0.6) is 0 Å². The second-order valence-electron chi connectivity index (χ2n) is 5.83. The Labute approximate surface area is 126 Å². The van der Waals surface area contributed by atoms with Crippen LogP contribution in [0.25, 0.3) is 0 Å². The van der Waals surface area contributed by atoms with Crippen molar-refractivity contribution in [2.24, 2.45) is 5.73 Å². The first-order valence-corrected chi connectivity index (χ1v) is 6.97. The third-order valence-corrected chi connectivity index (χ3v) is 4.36. The molecule has 0 saturated carbocycles. The first-order valence-electron chi connectivity index (χ1n) is 6.97. The van der Waals surface area contributed by atoms with Crippen molar-refractivity contribution in [3.63, 3.8) is 0 Å². The number of nitrogens with two attached hydrogens (primary N) is 1. The monoisotopic (exact) mass is 325 g/mol. The van der Waals surface area contributed by atoms with Gasteiger partial charge in [-0.3, -0.25) is 0 Å². The molecule has 2 rings (SSSR count). The van der Waals surface area contributed by atoms with Crippen LogP contribution in [0.4, 0.5) is 0 Å². The van der Waals surface area contributed by atoms with E-state index < -0.39 is 67.3 Å². The summed E-state index contributed by atoms with van der Waals surface area (Å²) in [5, 5.41) is 68.9. The third kappa shape index (κ3) is 2.65. The first-order chi connectivity index (χ1) is 10.1. The van der Waals surface area contributed by atoms with Gasteiger partial charge in [0.2, 0.25) is 5.79 Å². The largest absolute Gasteiger partial charge is 0.394 e. The number of ether oxygens (including phenoxy) is 2. The van der Waals surface area contributed by atoms with Gasteiger partial charge in [0.1, 0.15) is 42.7 Å². The average molecular weight is 325 g/mol. The summed E-state index contributed by atoms with van der Waals surface area (Å²) >= 11 is 0. The summed E-state index contributed by atoms with van der Waals surface area (Å²) in [4.78, 5) is 0. The molecule has 10 nitrogen and oxygen atoms in total. The third-order valence-electron chi connectivity index (χ3n) is 4.36. The summed E-state index contributed by atoms with van der Waals surface area (Å²) in [6.45, 7) is 0.677. The fraction of sp³-hybridized carbons (Fsp3) is 1.00. The van der Waals surface area contributed by atoms with E-state index in [0.717, 1.165) is 0 Å². The van der Waals surface area contributed by atoms with Crippen molar-refractivity contribution in [1.29, 1.82) is 0 Å². The van der Waals surface area contributed by atoms with Gasteiger partial charge in [-0.1, -0.05) is 0 Å². The molecule has 0 spiro atoms. The van der Waals surface area contributed by atoms with Gasteiger partial charge < -0.3 is 51.0 Å². The minimum Gasteiger partial charge on any atom is -0.394 e. The van der Waals surface area contributed by atoms with E-state index in [4.69, 9.17) is 20.3 Å². The van der Waals surface area contributed by atoms with Gasteiger partial charge in [0.15, 0.2) is 0 Å². The topological polar surface area (TPSA) is 186 Å². The van der Waals surface area contributed by atoms with E-state index in [1.165, 1.54) is 6.92 Å². The minimum atomic E-state index is -2.49. The molecular formula is C12H23NO9. The first kappa shape index (κ1) is 17.9. The zero-order valence-electron chi connectivity index (χ0n) is 11.9. The standard InChI is InChI=1S/C12H23NO9/c1-3-5(15)7(17)9(19)11(21-3)12(20)10(13)8(18)6(16)4(2-14)22-12/h3-11,14-20H,2,13H2,1H3/t3-,4+,5+,6-,7+,8-,9-,10+,11?,12?/m0/s1. The van der Waals surface area contributed by atoms with Gasteiger partial charge in [-0.2, -0.15) is 0 Å². The Balaban J connectivity index is 2.31. The molecule has 10 heteroatoms. The molecule has 9 N–H and O–H groups in total. The van der Waals surface area contributed by atoms with E-state index in [0.29, 0.717) is 0 Å². The predicted molar refractivity (Wildman–Crippen MR) is 69.3 cm³/mol. The van der Waals surface area contributed by atoms with Gasteiger partial charge in [-0.15, -0.1) is 0 Å². The minimum absolute atomic E-state index is 0.725. The normalized spacial score (nSPS) is 56.9. The van der Waals surface area contributed by atoms with Gasteiger partial charge in [-0.05, 0) is 6.92 Å². The van der Waals surface area contributed by atoms with Crippen molar-refractivity contribution in [3.05, 3.63) is 0 Å². The summed E-state index contributed by atoms with van der Waals surface area (Å²) in [5.41, 5.74) is 5.68. The molecule has 0 aromatic carbocycles. The molecule has 0 aromatic rings. The maximum atomic E-state index is 10.6. The number of aliphatic hydroxyl groups excluding tert-OH is 6. The van der Waals surface area contributed by atoms with Crippen LogP contribution in [-0.2, 0) is 9.47 Å². The number of aliphatic hydroxyl groups is 7. The van der Waals surface area contributed by atoms with Crippen LogP contribution < -0.4 is 5.73 Å². The fourth-order valence-corrected chi connectivity index (χ4v) is 2.86. The Kier molecular flexibility index (Phi) is 5.09. The maximum absolute atomic E-state index is 10.6. The zero-order valence-corrected chi connectivity index (χ0v) is 11.9. The van der Waals surface area contributed by atoms with Crippen molar-refractivity contribution < 1.29 is 45.2 Å². The van der Waals surface area contributed by atoms with E-state index in [9.17, 15) is 30.6 Å². The molecule has 2 aliphatic rings. The van der Waals surface area contributed by atoms with Crippen LogP contribution in [0.1, 0.15) is 6.92 Å². The van der Waals surface area contributed by atoms with Crippen LogP contribution in [0.2, 0.25) is 0 Å². The number of hydrogen-bond acceptors (Lipinski definition) is 10. The Bertz CT molecular complexity index is 397. The highest BCUT2D eigenvalue weighted by molar-refractivity contribution is 5.07. The van der Waals surface area contributed by atoms with Gasteiger partial charge in [0, 0.05) is 0 Å². The quantitative estimate of drug-likeness (QED) is 0.244. The molecular weight excluding hydrogens is 302 g/mol. The van der Waals surface area contributed by atoms with Gasteiger partial charge in [0.05, 0.1) is 18.8 Å². The summed E-state index contributed by atoms with van der Waals surface area (Å²) in [6, 6.07) is -1.58. The van der Waals surface area contributed by atoms with Gasteiger partial charge in [0.25, 0.3) is 0 Å². The molecule has 0 amide bonds. The second kappa shape index (κ2) is 6.24. The van der Waals surface area contributed by atoms with E-state index in [2.05, 4.69) is 0 Å². The molecule has 130 valence electrons. The average Bonchev–Trinajstić information content (AvgIpc) is 2.50. The van der Waals surface area contributed by atoms with Crippen LogP contribution >= 0.6 is 0 Å². The summed E-state index contributed by atoms with van der Waals surface area (Å²) in [5.74, 6) is -2.49. The fourth-order valence-electron chi connectivity index (χ4n) is 2.86. The molecule has 2 fully saturated rings. The van der Waals surface area contributed by atoms with Gasteiger partial charge >= 0.3 is 0 Å². The molecule has 10 atom stereocenters. The van der Waals surface area contributed by atoms with Crippen molar-refractivity contribution >= 4 is 0 Å². The molecule has 0 bridgehead atoms. The number of hydrogen-bond donors (Lipinski definition) is 8. The molecule has 2 aliphatic heterocycles. The molecule has 2 saturated heterocycles. The lowest BCUT2D eigenvalue weighted by Gasteiger charge is -2.53. The highest BCUT2D eigenvalue weighted by Crippen LogP contribution is 2.36. The van der Waals surface area contributed by atoms with Crippen LogP contribution in [0.3, 0.4) is 0 Å². The zero-order chi connectivity index (χ0) is 16.8. The lowest BCUT2D eigenvalue weighted by atomic mass is 9.82. The second-order valence-corrected chi connectivity index (χ2v) is 5.83. The summed E-state index contributed by atoms with van der Waals surface area (Å²) < 4.78 is 10.4. The van der Waals surface area contributed by atoms with Gasteiger partial charge in [-0.25, -0.2) is 0 Å². The summed E-state index contributed by atoms with van der Waals surface area (Å²) in [7, 11) is 0. The van der Waals surface area contributed by atoms with Crippen molar-refractivity contribution in [3.8, 4) is 0 Å². The highest BCUT2D eigenvalue weighted by Gasteiger charge is 2.61. The van der Waals surface area contributed by atoms with Crippen LogP contribution in [0.15, 0.2) is 0 Å². The smallest absolute Gasteiger partial charge is 0.213 e. The van der Waals surface area contributed by atoms with E-state index in [1.54, 1.807) is 0 Å².